The van der Waals surface area contributed by atoms with Gasteiger partial charge in [0.2, 0.25) is 5.91 Å². The Morgan fingerprint density at radius 2 is 1.68 bits per heavy atom. The van der Waals surface area contributed by atoms with E-state index in [1.54, 1.807) is 31.4 Å². The topological polar surface area (TPSA) is 75.7 Å². The molecule has 1 N–H and O–H groups in total. The Bertz CT molecular complexity index is 1600. The van der Waals surface area contributed by atoms with Crippen molar-refractivity contribution in [3.05, 3.63) is 95.1 Å². The second-order valence-electron chi connectivity index (χ2n) is 12.2. The number of Topliss-reactive ketones (excluding diaryl/α,β-unsaturated/α-hetero) is 2. The minimum absolute atomic E-state index is 0.0714. The molecule has 3 aliphatic heterocycles. The first-order chi connectivity index (χ1) is 19.0. The summed E-state index contributed by atoms with van der Waals surface area (Å²) >= 11 is 0. The molecular formula is C34H34N2O4. The number of nitrogens with one attached hydrogen (secondary N) is 1. The Kier molecular flexibility index (Phi) is 5.81. The number of ketones is 2. The summed E-state index contributed by atoms with van der Waals surface area (Å²) in [6.07, 6.45) is 2.09. The molecule has 4 atom stereocenters. The number of anilines is 2. The Balaban J connectivity index is 1.69. The van der Waals surface area contributed by atoms with E-state index in [0.29, 0.717) is 17.0 Å². The van der Waals surface area contributed by atoms with Gasteiger partial charge in [-0.15, -0.1) is 0 Å². The molecular weight excluding hydrogens is 500 g/mol. The van der Waals surface area contributed by atoms with Gasteiger partial charge in [0.25, 0.3) is 0 Å². The third-order valence-corrected chi connectivity index (χ3v) is 8.80. The van der Waals surface area contributed by atoms with Crippen LogP contribution in [0.4, 0.5) is 11.4 Å². The number of hydrogen-bond donors (Lipinski definition) is 1. The zero-order chi connectivity index (χ0) is 28.6. The van der Waals surface area contributed by atoms with E-state index in [-0.39, 0.29) is 17.5 Å². The first-order valence-corrected chi connectivity index (χ1v) is 13.7. The molecule has 3 heterocycles. The number of amides is 1. The first kappa shape index (κ1) is 26.1. The summed E-state index contributed by atoms with van der Waals surface area (Å²) in [5.41, 5.74) is 3.84. The van der Waals surface area contributed by atoms with E-state index in [1.165, 1.54) is 0 Å². The smallest absolute Gasteiger partial charge is 0.238 e. The average Bonchev–Trinajstić information content (AvgIpc) is 3.39. The van der Waals surface area contributed by atoms with Crippen molar-refractivity contribution >= 4 is 34.4 Å². The molecule has 1 spiro atoms. The fourth-order valence-corrected chi connectivity index (χ4v) is 6.92. The summed E-state index contributed by atoms with van der Waals surface area (Å²) in [5.74, 6) is -0.884. The van der Waals surface area contributed by atoms with Crippen LogP contribution in [0.3, 0.4) is 0 Å². The normalized spacial score (nSPS) is 24.6. The van der Waals surface area contributed by atoms with Gasteiger partial charge in [-0.25, -0.2) is 0 Å². The van der Waals surface area contributed by atoms with E-state index in [2.05, 4.69) is 22.4 Å². The lowest BCUT2D eigenvalue weighted by atomic mass is 9.63. The van der Waals surface area contributed by atoms with Gasteiger partial charge in [-0.2, -0.15) is 0 Å². The maximum atomic E-state index is 14.8. The van der Waals surface area contributed by atoms with Crippen molar-refractivity contribution in [3.8, 4) is 5.75 Å². The fourth-order valence-electron chi connectivity index (χ4n) is 6.92. The van der Waals surface area contributed by atoms with Crippen LogP contribution in [0.2, 0.25) is 0 Å². The lowest BCUT2D eigenvalue weighted by Crippen LogP contribution is -2.51. The van der Waals surface area contributed by atoms with Gasteiger partial charge in [-0.1, -0.05) is 56.7 Å². The van der Waals surface area contributed by atoms with Gasteiger partial charge in [0, 0.05) is 27.9 Å². The van der Waals surface area contributed by atoms with E-state index in [4.69, 9.17) is 4.74 Å². The number of carbonyl (C=O) groups excluding carboxylic acids is 3. The van der Waals surface area contributed by atoms with Crippen LogP contribution in [0.15, 0.2) is 72.8 Å². The monoisotopic (exact) mass is 534 g/mol. The summed E-state index contributed by atoms with van der Waals surface area (Å²) in [6.45, 7) is 9.73. The van der Waals surface area contributed by atoms with Crippen LogP contribution in [-0.4, -0.2) is 36.7 Å². The van der Waals surface area contributed by atoms with Crippen LogP contribution in [-0.2, 0) is 15.0 Å². The molecule has 0 unspecified atom stereocenters. The number of benzene rings is 3. The summed E-state index contributed by atoms with van der Waals surface area (Å²) in [5, 5.41) is 3.09. The average molecular weight is 535 g/mol. The number of aryl methyl sites for hydroxylation is 1. The van der Waals surface area contributed by atoms with Gasteiger partial charge in [-0.3, -0.25) is 14.4 Å². The van der Waals surface area contributed by atoms with Crippen molar-refractivity contribution < 1.29 is 19.1 Å². The number of carbonyl (C=O) groups is 3. The number of rotatable bonds is 4. The maximum Gasteiger partial charge on any atom is 0.238 e. The van der Waals surface area contributed by atoms with E-state index in [1.807, 2.05) is 71.0 Å². The van der Waals surface area contributed by atoms with Crippen molar-refractivity contribution in [2.75, 3.05) is 17.3 Å². The number of para-hydroxylation sites is 1. The zero-order valence-electron chi connectivity index (χ0n) is 23.7. The van der Waals surface area contributed by atoms with Crippen LogP contribution in [0.1, 0.15) is 54.7 Å². The lowest BCUT2D eigenvalue weighted by Gasteiger charge is -2.40. The molecule has 0 aliphatic carbocycles. The summed E-state index contributed by atoms with van der Waals surface area (Å²) in [4.78, 5) is 45.8. The fraction of sp³-hybridized carbons (Fsp3) is 0.324. The van der Waals surface area contributed by atoms with Gasteiger partial charge in [0.15, 0.2) is 11.6 Å². The van der Waals surface area contributed by atoms with Crippen LogP contribution < -0.4 is 15.0 Å². The van der Waals surface area contributed by atoms with Crippen molar-refractivity contribution in [2.24, 2.45) is 11.3 Å². The Morgan fingerprint density at radius 3 is 2.35 bits per heavy atom. The Hall–Kier alpha value is -4.19. The van der Waals surface area contributed by atoms with Gasteiger partial charge >= 0.3 is 0 Å². The van der Waals surface area contributed by atoms with Gasteiger partial charge < -0.3 is 15.0 Å². The number of allylic oxidation sites excluding steroid dienone is 1. The van der Waals surface area contributed by atoms with Crippen molar-refractivity contribution in [1.29, 1.82) is 0 Å². The molecule has 6 nitrogen and oxygen atoms in total. The molecule has 204 valence electrons. The maximum absolute atomic E-state index is 14.8. The molecule has 3 aromatic carbocycles. The first-order valence-electron chi connectivity index (χ1n) is 13.7. The van der Waals surface area contributed by atoms with Gasteiger partial charge in [0.05, 0.1) is 19.1 Å². The third kappa shape index (κ3) is 3.51. The van der Waals surface area contributed by atoms with Crippen molar-refractivity contribution in [2.45, 2.75) is 52.1 Å². The lowest BCUT2D eigenvalue weighted by molar-refractivity contribution is -0.128. The second kappa shape index (κ2) is 8.91. The molecule has 1 amide bonds. The number of methoxy groups -OCH3 is 1. The third-order valence-electron chi connectivity index (χ3n) is 8.80. The largest absolute Gasteiger partial charge is 0.497 e. The second-order valence-corrected chi connectivity index (χ2v) is 12.2. The quantitative estimate of drug-likeness (QED) is 0.417. The molecule has 0 bridgehead atoms. The van der Waals surface area contributed by atoms with Crippen LogP contribution in [0, 0.1) is 18.3 Å². The highest BCUT2D eigenvalue weighted by molar-refractivity contribution is 6.17. The number of fused-ring (bicyclic) bond motifs is 6. The van der Waals surface area contributed by atoms with Crippen molar-refractivity contribution in [1.82, 2.24) is 0 Å². The molecule has 0 saturated carbocycles. The SMILES string of the molecule is COc1ccc(C(=O)[C@@H]2[C@@H](C(=O)C(C)(C)C)N3c4ccc(C)cc4C(C)=C[C@@H]3[C@@]23C(=O)Nc2ccccc23)cc1. The number of hydrogen-bond acceptors (Lipinski definition) is 5. The van der Waals surface area contributed by atoms with E-state index in [9.17, 15) is 14.4 Å². The van der Waals surface area contributed by atoms with Gasteiger partial charge in [-0.05, 0) is 67.4 Å². The molecule has 3 aromatic rings. The highest BCUT2D eigenvalue weighted by Gasteiger charge is 2.71. The molecule has 3 aliphatic rings. The van der Waals surface area contributed by atoms with Crippen molar-refractivity contribution in [3.63, 3.8) is 0 Å². The summed E-state index contributed by atoms with van der Waals surface area (Å²) in [7, 11) is 1.58. The highest BCUT2D eigenvalue weighted by Crippen LogP contribution is 2.59. The predicted molar refractivity (Wildman–Crippen MR) is 157 cm³/mol. The predicted octanol–water partition coefficient (Wildman–Crippen LogP) is 5.98. The van der Waals surface area contributed by atoms with Crippen LogP contribution in [0.5, 0.6) is 5.75 Å². The standard InChI is InChI=1S/C34H34N2O4/c1-19-11-16-26-23(17-19)20(2)18-27-34(24-9-7-8-10-25(24)35-32(34)39)28(29(36(26)27)31(38)33(3,4)5)30(37)21-12-14-22(40-6)15-13-21/h7-18,27-29H,1-6H3,(H,35,39)/t27-,28+,29+,34-/m1/s1. The molecule has 6 rings (SSSR count). The summed E-state index contributed by atoms with van der Waals surface area (Å²) < 4.78 is 5.33. The number of nitrogens with zero attached hydrogens (tertiary/aromatic N) is 1. The molecule has 40 heavy (non-hydrogen) atoms. The van der Waals surface area contributed by atoms with E-state index < -0.39 is 28.8 Å². The number of ether oxygens (including phenoxy) is 1. The minimum Gasteiger partial charge on any atom is -0.497 e. The van der Waals surface area contributed by atoms with Crippen LogP contribution >= 0.6 is 0 Å². The Morgan fingerprint density at radius 1 is 0.975 bits per heavy atom. The van der Waals surface area contributed by atoms with Gasteiger partial charge in [0.1, 0.15) is 17.2 Å². The minimum atomic E-state index is -1.30. The summed E-state index contributed by atoms with van der Waals surface area (Å²) in [6, 6.07) is 19.3. The molecule has 6 heteroatoms. The molecule has 1 fully saturated rings. The zero-order valence-corrected chi connectivity index (χ0v) is 23.7. The van der Waals surface area contributed by atoms with Crippen LogP contribution in [0.25, 0.3) is 5.57 Å². The highest BCUT2D eigenvalue weighted by atomic mass is 16.5. The van der Waals surface area contributed by atoms with E-state index >= 15 is 0 Å². The Labute approximate surface area is 235 Å². The van der Waals surface area contributed by atoms with E-state index in [0.717, 1.165) is 28.0 Å². The molecule has 0 aromatic heterocycles. The molecule has 1 saturated heterocycles. The molecule has 0 radical (unpaired) electrons.